The molecule has 0 saturated carbocycles. The van der Waals surface area contributed by atoms with Crippen LogP contribution in [-0.4, -0.2) is 17.0 Å². The summed E-state index contributed by atoms with van der Waals surface area (Å²) in [6, 6.07) is 8.47. The smallest absolute Gasteiger partial charge is 0.162 e. The lowest BCUT2D eigenvalue weighted by Gasteiger charge is -2.05. The molecule has 0 atom stereocenters. The van der Waals surface area contributed by atoms with Gasteiger partial charge in [0.15, 0.2) is 5.82 Å². The van der Waals surface area contributed by atoms with Crippen molar-refractivity contribution in [3.8, 4) is 17.1 Å². The van der Waals surface area contributed by atoms with Crippen LogP contribution in [0.3, 0.4) is 0 Å². The molecule has 0 aliphatic rings. The monoisotopic (exact) mass is 189 g/mol. The Balaban J connectivity index is 2.41. The molecule has 0 N–H and O–H groups in total. The van der Waals surface area contributed by atoms with Gasteiger partial charge in [0.2, 0.25) is 0 Å². The Morgan fingerprint density at radius 1 is 1.14 bits per heavy atom. The number of aromatic nitrogens is 2. The highest BCUT2D eigenvalue weighted by atomic mass is 16.5. The van der Waals surface area contributed by atoms with Crippen LogP contribution in [0.15, 0.2) is 42.7 Å². The van der Waals surface area contributed by atoms with Crippen LogP contribution in [0.2, 0.25) is 0 Å². The molecule has 0 spiro atoms. The number of nitrogens with zero attached hydrogens (tertiary/aromatic N) is 2. The number of benzene rings is 1. The fourth-order valence-electron chi connectivity index (χ4n) is 1.18. The first-order chi connectivity index (χ1) is 8.06. The largest absolute Gasteiger partial charge is 0.496 e. The highest BCUT2D eigenvalue weighted by Crippen LogP contribution is 2.25. The van der Waals surface area contributed by atoms with E-state index in [4.69, 9.17) is 8.85 Å². The predicted molar refractivity (Wildman–Crippen MR) is 54.0 cm³/mol. The highest BCUT2D eigenvalue weighted by molar-refractivity contribution is 5.63. The van der Waals surface area contributed by atoms with Gasteiger partial charge in [0.05, 0.1) is 16.7 Å². The van der Waals surface area contributed by atoms with Gasteiger partial charge >= 0.3 is 0 Å². The van der Waals surface area contributed by atoms with Crippen molar-refractivity contribution in [1.29, 1.82) is 0 Å². The van der Waals surface area contributed by atoms with E-state index in [0.29, 0.717) is 11.4 Å². The fraction of sp³-hybridized carbons (Fsp3) is 0.0909. The summed E-state index contributed by atoms with van der Waals surface area (Å²) in [5.41, 5.74) is 0.559. The molecule has 70 valence electrons. The lowest BCUT2D eigenvalue weighted by molar-refractivity contribution is 0.416. The molecule has 14 heavy (non-hydrogen) atoms. The van der Waals surface area contributed by atoms with E-state index >= 15 is 0 Å². The van der Waals surface area contributed by atoms with Gasteiger partial charge in [-0.25, -0.2) is 9.97 Å². The third-order valence-corrected chi connectivity index (χ3v) is 1.80. The van der Waals surface area contributed by atoms with Crippen LogP contribution in [0.1, 0.15) is 4.11 Å². The molecular weight excluding hydrogens is 176 g/mol. The van der Waals surface area contributed by atoms with Crippen LogP contribution in [0.4, 0.5) is 0 Å². The van der Waals surface area contributed by atoms with Crippen LogP contribution < -0.4 is 4.74 Å². The number of hydrogen-bond acceptors (Lipinski definition) is 3. The second-order valence-corrected chi connectivity index (χ2v) is 2.67. The van der Waals surface area contributed by atoms with Crippen molar-refractivity contribution >= 4 is 0 Å². The van der Waals surface area contributed by atoms with E-state index < -0.39 is 7.04 Å². The van der Waals surface area contributed by atoms with Gasteiger partial charge in [-0.1, -0.05) is 12.1 Å². The fourth-order valence-corrected chi connectivity index (χ4v) is 1.18. The molecule has 0 aliphatic heterocycles. The normalized spacial score (nSPS) is 13.9. The van der Waals surface area contributed by atoms with Crippen molar-refractivity contribution in [1.82, 2.24) is 9.97 Å². The molecule has 1 aromatic heterocycles. The van der Waals surface area contributed by atoms with E-state index in [9.17, 15) is 0 Å². The van der Waals surface area contributed by atoms with Gasteiger partial charge in [0.25, 0.3) is 0 Å². The Hall–Kier alpha value is -1.90. The minimum atomic E-state index is -2.48. The van der Waals surface area contributed by atoms with Crippen molar-refractivity contribution in [3.63, 3.8) is 0 Å². The molecule has 1 heterocycles. The maximum Gasteiger partial charge on any atom is 0.162 e. The summed E-state index contributed by atoms with van der Waals surface area (Å²) < 4.78 is 26.2. The van der Waals surface area contributed by atoms with Crippen molar-refractivity contribution < 1.29 is 8.85 Å². The molecular formula is C11H10N2O. The summed E-state index contributed by atoms with van der Waals surface area (Å²) in [6.45, 7) is 0. The van der Waals surface area contributed by atoms with E-state index in [1.165, 1.54) is 0 Å². The summed E-state index contributed by atoms with van der Waals surface area (Å²) in [4.78, 5) is 8.13. The molecule has 0 radical (unpaired) electrons. The zero-order chi connectivity index (χ0) is 12.3. The average Bonchev–Trinajstić information content (AvgIpc) is 2.29. The average molecular weight is 189 g/mol. The second kappa shape index (κ2) is 3.87. The van der Waals surface area contributed by atoms with Crippen molar-refractivity contribution in [2.24, 2.45) is 0 Å². The maximum absolute atomic E-state index is 7.10. The summed E-state index contributed by atoms with van der Waals surface area (Å²) in [7, 11) is -2.48. The topological polar surface area (TPSA) is 35.0 Å². The van der Waals surface area contributed by atoms with Crippen LogP contribution in [0.25, 0.3) is 11.4 Å². The first kappa shape index (κ1) is 5.75. The van der Waals surface area contributed by atoms with Gasteiger partial charge in [-0.3, -0.25) is 0 Å². The maximum atomic E-state index is 7.10. The van der Waals surface area contributed by atoms with Gasteiger partial charge in [-0.15, -0.1) is 0 Å². The third kappa shape index (κ3) is 1.57. The summed E-state index contributed by atoms with van der Waals surface area (Å²) in [6.07, 6.45) is 3.18. The van der Waals surface area contributed by atoms with E-state index in [2.05, 4.69) is 9.97 Å². The quantitative estimate of drug-likeness (QED) is 0.726. The number of para-hydroxylation sites is 1. The summed E-state index contributed by atoms with van der Waals surface area (Å²) in [5.74, 6) is 0.686. The number of rotatable bonds is 2. The van der Waals surface area contributed by atoms with Gasteiger partial charge < -0.3 is 4.74 Å². The first-order valence-electron chi connectivity index (χ1n) is 5.62. The number of hydrogen-bond donors (Lipinski definition) is 0. The van der Waals surface area contributed by atoms with Crippen molar-refractivity contribution in [2.75, 3.05) is 7.04 Å². The second-order valence-electron chi connectivity index (χ2n) is 2.67. The van der Waals surface area contributed by atoms with Crippen LogP contribution in [-0.2, 0) is 0 Å². The van der Waals surface area contributed by atoms with E-state index in [1.807, 2.05) is 0 Å². The van der Waals surface area contributed by atoms with Gasteiger partial charge in [0, 0.05) is 12.4 Å². The molecule has 3 heteroatoms. The third-order valence-electron chi connectivity index (χ3n) is 1.80. The first-order valence-corrected chi connectivity index (χ1v) is 4.12. The van der Waals surface area contributed by atoms with Gasteiger partial charge in [-0.2, -0.15) is 0 Å². The summed E-state index contributed by atoms with van der Waals surface area (Å²) in [5, 5.41) is 0. The highest BCUT2D eigenvalue weighted by Gasteiger charge is 2.05. The molecule has 0 aliphatic carbocycles. The zero-order valence-electron chi connectivity index (χ0n) is 10.3. The molecule has 2 rings (SSSR count). The molecule has 3 nitrogen and oxygen atoms in total. The Kier molecular flexibility index (Phi) is 1.59. The van der Waals surface area contributed by atoms with Crippen molar-refractivity contribution in [3.05, 3.63) is 42.7 Å². The molecule has 2 aromatic rings. The van der Waals surface area contributed by atoms with E-state index in [-0.39, 0.29) is 5.75 Å². The Morgan fingerprint density at radius 3 is 2.71 bits per heavy atom. The van der Waals surface area contributed by atoms with Crippen molar-refractivity contribution in [2.45, 2.75) is 0 Å². The lowest BCUT2D eigenvalue weighted by atomic mass is 10.2. The molecule has 1 aromatic carbocycles. The molecule has 0 fully saturated rings. The predicted octanol–water partition coefficient (Wildman–Crippen LogP) is 2.15. The summed E-state index contributed by atoms with van der Waals surface area (Å²) >= 11 is 0. The Bertz CT molecular complexity index is 500. The van der Waals surface area contributed by atoms with Gasteiger partial charge in [-0.05, 0) is 18.2 Å². The molecule has 0 bridgehead atoms. The standard InChI is InChI=1S/C11H10N2O/c1-14-10-6-3-2-5-9(10)11-12-7-4-8-13-11/h2-8H,1H3/i1D3. The SMILES string of the molecule is [2H]C([2H])([2H])Oc1ccccc1-c1ncccn1. The zero-order valence-corrected chi connectivity index (χ0v) is 7.34. The minimum absolute atomic E-state index is 0.249. The number of ether oxygens (including phenoxy) is 1. The molecule has 0 saturated heterocycles. The van der Waals surface area contributed by atoms with Gasteiger partial charge in [0.1, 0.15) is 5.75 Å². The minimum Gasteiger partial charge on any atom is -0.496 e. The number of methoxy groups -OCH3 is 1. The van der Waals surface area contributed by atoms with E-state index in [1.54, 1.807) is 42.7 Å². The van der Waals surface area contributed by atoms with Crippen LogP contribution >= 0.6 is 0 Å². The van der Waals surface area contributed by atoms with Crippen LogP contribution in [0, 0.1) is 0 Å². The van der Waals surface area contributed by atoms with Crippen LogP contribution in [0.5, 0.6) is 5.75 Å². The Labute approximate surface area is 86.6 Å². The molecule has 0 unspecified atom stereocenters. The Morgan fingerprint density at radius 2 is 1.93 bits per heavy atom. The van der Waals surface area contributed by atoms with E-state index in [0.717, 1.165) is 0 Å². The molecule has 0 amide bonds. The lowest BCUT2D eigenvalue weighted by Crippen LogP contribution is -1.91.